The molecule has 1 heterocycles. The van der Waals surface area contributed by atoms with Crippen LogP contribution >= 0.6 is 0 Å². The van der Waals surface area contributed by atoms with Gasteiger partial charge in [0.1, 0.15) is 17.3 Å². The monoisotopic (exact) mass is 399 g/mol. The van der Waals surface area contributed by atoms with Gasteiger partial charge >= 0.3 is 6.03 Å². The van der Waals surface area contributed by atoms with Crippen LogP contribution in [0.2, 0.25) is 0 Å². The second-order valence-corrected chi connectivity index (χ2v) is 7.36. The van der Waals surface area contributed by atoms with E-state index in [2.05, 4.69) is 5.32 Å². The van der Waals surface area contributed by atoms with E-state index >= 15 is 0 Å². The van der Waals surface area contributed by atoms with E-state index in [9.17, 15) is 14.0 Å². The van der Waals surface area contributed by atoms with Crippen molar-refractivity contribution in [3.05, 3.63) is 59.9 Å². The molecular weight excluding hydrogens is 373 g/mol. The van der Waals surface area contributed by atoms with Crippen LogP contribution in [0, 0.1) is 11.7 Å². The average Bonchev–Trinajstić information content (AvgIpc) is 2.74. The third kappa shape index (κ3) is 5.70. The minimum atomic E-state index is -0.307. The number of urea groups is 1. The van der Waals surface area contributed by atoms with Crippen LogP contribution in [0.3, 0.4) is 0 Å². The van der Waals surface area contributed by atoms with Crippen molar-refractivity contribution in [1.29, 1.82) is 0 Å². The lowest BCUT2D eigenvalue weighted by molar-refractivity contribution is -0.126. The molecule has 1 aliphatic rings. The molecule has 0 saturated carbocycles. The van der Waals surface area contributed by atoms with E-state index in [4.69, 9.17) is 4.74 Å². The summed E-state index contributed by atoms with van der Waals surface area (Å²) in [6.07, 6.45) is 1.35. The van der Waals surface area contributed by atoms with Gasteiger partial charge in [0.2, 0.25) is 5.91 Å². The van der Waals surface area contributed by atoms with Crippen LogP contribution in [-0.4, -0.2) is 48.9 Å². The number of hydrogen-bond donors (Lipinski definition) is 1. The van der Waals surface area contributed by atoms with E-state index in [1.807, 2.05) is 24.3 Å². The van der Waals surface area contributed by atoms with Crippen LogP contribution in [0.5, 0.6) is 11.5 Å². The lowest BCUT2D eigenvalue weighted by Gasteiger charge is -2.33. The second kappa shape index (κ2) is 9.41. The van der Waals surface area contributed by atoms with Crippen LogP contribution in [-0.2, 0) is 11.3 Å². The Labute approximate surface area is 170 Å². The van der Waals surface area contributed by atoms with Gasteiger partial charge in [0, 0.05) is 39.6 Å². The van der Waals surface area contributed by atoms with Crippen molar-refractivity contribution in [3.8, 4) is 11.5 Å². The van der Waals surface area contributed by atoms with E-state index in [1.165, 1.54) is 12.1 Å². The summed E-state index contributed by atoms with van der Waals surface area (Å²) in [7, 11) is 3.47. The summed E-state index contributed by atoms with van der Waals surface area (Å²) in [5.74, 6) is 0.852. The predicted octanol–water partition coefficient (Wildman–Crippen LogP) is 3.63. The molecule has 1 N–H and O–H groups in total. The molecule has 0 bridgehead atoms. The van der Waals surface area contributed by atoms with Crippen molar-refractivity contribution in [2.24, 2.45) is 5.92 Å². The Morgan fingerprint density at radius 1 is 1.03 bits per heavy atom. The van der Waals surface area contributed by atoms with Gasteiger partial charge in [-0.1, -0.05) is 12.1 Å². The number of ether oxygens (including phenoxy) is 1. The number of nitrogens with one attached hydrogen (secondary N) is 1. The first-order valence-corrected chi connectivity index (χ1v) is 9.68. The van der Waals surface area contributed by atoms with Crippen LogP contribution in [0.15, 0.2) is 48.5 Å². The Morgan fingerprint density at radius 2 is 1.59 bits per heavy atom. The Hall–Kier alpha value is -3.09. The number of piperidine rings is 1. The normalized spacial score (nSPS) is 14.4. The van der Waals surface area contributed by atoms with E-state index in [0.717, 1.165) is 5.56 Å². The summed E-state index contributed by atoms with van der Waals surface area (Å²) in [5, 5.41) is 2.98. The lowest BCUT2D eigenvalue weighted by Crippen LogP contribution is -2.46. The van der Waals surface area contributed by atoms with E-state index in [0.29, 0.717) is 44.0 Å². The second-order valence-electron chi connectivity index (χ2n) is 7.36. The zero-order valence-corrected chi connectivity index (χ0v) is 16.7. The highest BCUT2D eigenvalue weighted by molar-refractivity contribution is 5.79. The van der Waals surface area contributed by atoms with Gasteiger partial charge in [-0.3, -0.25) is 4.79 Å². The number of carbonyl (C=O) groups is 2. The summed E-state index contributed by atoms with van der Waals surface area (Å²) >= 11 is 0. The van der Waals surface area contributed by atoms with Gasteiger partial charge in [0.25, 0.3) is 0 Å². The molecule has 6 nitrogen and oxygen atoms in total. The number of carbonyl (C=O) groups excluding carboxylic acids is 2. The summed E-state index contributed by atoms with van der Waals surface area (Å²) in [4.78, 5) is 27.7. The minimum Gasteiger partial charge on any atom is -0.457 e. The molecule has 0 spiro atoms. The number of hydrogen-bond acceptors (Lipinski definition) is 3. The molecule has 1 aliphatic heterocycles. The van der Waals surface area contributed by atoms with Gasteiger partial charge in [-0.25, -0.2) is 9.18 Å². The van der Waals surface area contributed by atoms with Gasteiger partial charge in [-0.15, -0.1) is 0 Å². The molecule has 3 rings (SSSR count). The standard InChI is InChI=1S/C22H26FN3O3/c1-25(2)22(28)26-13-11-17(12-14-26)21(27)24-15-16-3-7-19(8-4-16)29-20-9-5-18(23)6-10-20/h3-10,17H,11-15H2,1-2H3,(H,24,27). The molecule has 7 heteroatoms. The average molecular weight is 399 g/mol. The van der Waals surface area contributed by atoms with Crippen molar-refractivity contribution in [3.63, 3.8) is 0 Å². The zero-order valence-electron chi connectivity index (χ0n) is 16.7. The highest BCUT2D eigenvalue weighted by Gasteiger charge is 2.27. The van der Waals surface area contributed by atoms with Crippen molar-refractivity contribution < 1.29 is 18.7 Å². The Morgan fingerprint density at radius 3 is 2.14 bits per heavy atom. The molecule has 2 aromatic carbocycles. The first-order chi connectivity index (χ1) is 13.9. The summed E-state index contributed by atoms with van der Waals surface area (Å²) < 4.78 is 18.6. The molecule has 0 aromatic heterocycles. The van der Waals surface area contributed by atoms with Crippen LogP contribution < -0.4 is 10.1 Å². The van der Waals surface area contributed by atoms with Crippen molar-refractivity contribution in [1.82, 2.24) is 15.1 Å². The number of nitrogens with zero attached hydrogens (tertiary/aromatic N) is 2. The summed E-state index contributed by atoms with van der Waals surface area (Å²) in [6.45, 7) is 1.64. The molecule has 1 saturated heterocycles. The third-order valence-electron chi connectivity index (χ3n) is 4.96. The van der Waals surface area contributed by atoms with Crippen molar-refractivity contribution in [2.75, 3.05) is 27.2 Å². The number of likely N-dealkylation sites (tertiary alicyclic amines) is 1. The maximum atomic E-state index is 12.9. The van der Waals surface area contributed by atoms with E-state index < -0.39 is 0 Å². The first-order valence-electron chi connectivity index (χ1n) is 9.68. The molecule has 1 fully saturated rings. The molecule has 0 radical (unpaired) electrons. The Kier molecular flexibility index (Phi) is 6.69. The third-order valence-corrected chi connectivity index (χ3v) is 4.96. The fourth-order valence-corrected chi connectivity index (χ4v) is 3.26. The van der Waals surface area contributed by atoms with Gasteiger partial charge in [0.15, 0.2) is 0 Å². The van der Waals surface area contributed by atoms with E-state index in [1.54, 1.807) is 36.0 Å². The van der Waals surface area contributed by atoms with Gasteiger partial charge in [-0.05, 0) is 54.8 Å². The smallest absolute Gasteiger partial charge is 0.319 e. The minimum absolute atomic E-state index is 0.00759. The summed E-state index contributed by atoms with van der Waals surface area (Å²) in [5.41, 5.74) is 0.963. The summed E-state index contributed by atoms with van der Waals surface area (Å²) in [6, 6.07) is 13.2. The molecule has 154 valence electrons. The Balaban J connectivity index is 1.44. The fourth-order valence-electron chi connectivity index (χ4n) is 3.26. The highest BCUT2D eigenvalue weighted by Crippen LogP contribution is 2.22. The molecular formula is C22H26FN3O3. The number of benzene rings is 2. The van der Waals surface area contributed by atoms with Gasteiger partial charge < -0.3 is 19.9 Å². The molecule has 3 amide bonds. The van der Waals surface area contributed by atoms with Gasteiger partial charge in [0.05, 0.1) is 0 Å². The first kappa shape index (κ1) is 20.6. The predicted molar refractivity (Wildman–Crippen MR) is 108 cm³/mol. The number of amides is 3. The number of halogens is 1. The largest absolute Gasteiger partial charge is 0.457 e. The SMILES string of the molecule is CN(C)C(=O)N1CCC(C(=O)NCc2ccc(Oc3ccc(F)cc3)cc2)CC1. The molecule has 0 atom stereocenters. The van der Waals surface area contributed by atoms with Gasteiger partial charge in [-0.2, -0.15) is 0 Å². The maximum Gasteiger partial charge on any atom is 0.319 e. The Bertz CT molecular complexity index is 829. The maximum absolute atomic E-state index is 12.9. The topological polar surface area (TPSA) is 61.9 Å². The van der Waals surface area contributed by atoms with Crippen molar-refractivity contribution >= 4 is 11.9 Å². The van der Waals surface area contributed by atoms with Crippen molar-refractivity contribution in [2.45, 2.75) is 19.4 Å². The molecule has 0 unspecified atom stereocenters. The zero-order chi connectivity index (χ0) is 20.8. The van der Waals surface area contributed by atoms with Crippen LogP contribution in [0.4, 0.5) is 9.18 Å². The lowest BCUT2D eigenvalue weighted by atomic mass is 9.96. The van der Waals surface area contributed by atoms with E-state index in [-0.39, 0.29) is 23.7 Å². The molecule has 0 aliphatic carbocycles. The van der Waals surface area contributed by atoms with Crippen LogP contribution in [0.25, 0.3) is 0 Å². The fraction of sp³-hybridized carbons (Fsp3) is 0.364. The quantitative estimate of drug-likeness (QED) is 0.835. The molecule has 2 aromatic rings. The number of rotatable bonds is 5. The molecule has 29 heavy (non-hydrogen) atoms. The highest BCUT2D eigenvalue weighted by atomic mass is 19.1. The van der Waals surface area contributed by atoms with Crippen LogP contribution in [0.1, 0.15) is 18.4 Å².